The molecule has 0 amide bonds. The monoisotopic (exact) mass is 460 g/mol. The number of aliphatic hydroxyl groups excluding tert-OH is 2. The van der Waals surface area contributed by atoms with Gasteiger partial charge >= 0.3 is 0 Å². The van der Waals surface area contributed by atoms with E-state index in [-0.39, 0.29) is 18.8 Å². The van der Waals surface area contributed by atoms with Gasteiger partial charge in [-0.1, -0.05) is 48.7 Å². The SMILES string of the molecule is OCC1CC(O)CC(c2ccc(Cl)c(Cc3ccc(OCCOC4CCCC4)cc3)c2)O1. The number of rotatable bonds is 9. The molecular weight excluding hydrogens is 428 g/mol. The molecule has 1 heterocycles. The van der Waals surface area contributed by atoms with Crippen LogP contribution in [0.1, 0.15) is 61.3 Å². The van der Waals surface area contributed by atoms with Gasteiger partial charge in [-0.25, -0.2) is 0 Å². The molecule has 4 rings (SSSR count). The Labute approximate surface area is 195 Å². The average Bonchev–Trinajstić information content (AvgIpc) is 3.32. The fraction of sp³-hybridized carbons (Fsp3) is 0.538. The minimum Gasteiger partial charge on any atom is -0.491 e. The van der Waals surface area contributed by atoms with E-state index >= 15 is 0 Å². The smallest absolute Gasteiger partial charge is 0.119 e. The van der Waals surface area contributed by atoms with Crippen LogP contribution >= 0.6 is 11.6 Å². The van der Waals surface area contributed by atoms with E-state index < -0.39 is 6.10 Å². The summed E-state index contributed by atoms with van der Waals surface area (Å²) in [4.78, 5) is 0. The summed E-state index contributed by atoms with van der Waals surface area (Å²) in [6.45, 7) is 1.10. The second-order valence-corrected chi connectivity index (χ2v) is 9.26. The third-order valence-corrected chi connectivity index (χ3v) is 6.72. The number of benzene rings is 2. The van der Waals surface area contributed by atoms with Gasteiger partial charge in [0.15, 0.2) is 0 Å². The number of halogens is 1. The van der Waals surface area contributed by atoms with Crippen LogP contribution in [0, 0.1) is 0 Å². The van der Waals surface area contributed by atoms with Gasteiger partial charge in [0.25, 0.3) is 0 Å². The van der Waals surface area contributed by atoms with Gasteiger partial charge in [0, 0.05) is 17.9 Å². The Bertz CT molecular complexity index is 850. The van der Waals surface area contributed by atoms with Crippen molar-refractivity contribution in [3.63, 3.8) is 0 Å². The topological polar surface area (TPSA) is 68.2 Å². The molecule has 6 heteroatoms. The van der Waals surface area contributed by atoms with Crippen molar-refractivity contribution in [3.05, 3.63) is 64.2 Å². The molecule has 0 spiro atoms. The molecule has 2 N–H and O–H groups in total. The zero-order chi connectivity index (χ0) is 22.3. The molecule has 174 valence electrons. The van der Waals surface area contributed by atoms with Gasteiger partial charge in [-0.3, -0.25) is 0 Å². The van der Waals surface area contributed by atoms with Crippen LogP contribution in [-0.4, -0.2) is 48.3 Å². The van der Waals surface area contributed by atoms with Crippen molar-refractivity contribution < 1.29 is 24.4 Å². The Hall–Kier alpha value is -1.63. The second kappa shape index (κ2) is 11.5. The molecule has 5 nitrogen and oxygen atoms in total. The maximum atomic E-state index is 10.1. The molecule has 3 atom stereocenters. The van der Waals surface area contributed by atoms with Crippen LogP contribution < -0.4 is 4.74 Å². The van der Waals surface area contributed by atoms with E-state index in [1.54, 1.807) is 0 Å². The van der Waals surface area contributed by atoms with E-state index in [1.807, 2.05) is 30.3 Å². The molecular formula is C26H33ClO5. The van der Waals surface area contributed by atoms with Crippen LogP contribution in [0.15, 0.2) is 42.5 Å². The Morgan fingerprint density at radius 1 is 1.00 bits per heavy atom. The van der Waals surface area contributed by atoms with Gasteiger partial charge in [0.05, 0.1) is 37.6 Å². The van der Waals surface area contributed by atoms with Crippen LogP contribution in [0.4, 0.5) is 0 Å². The van der Waals surface area contributed by atoms with Crippen molar-refractivity contribution >= 4 is 11.6 Å². The fourth-order valence-corrected chi connectivity index (χ4v) is 4.79. The Balaban J connectivity index is 1.32. The highest BCUT2D eigenvalue weighted by atomic mass is 35.5. The van der Waals surface area contributed by atoms with E-state index in [9.17, 15) is 10.2 Å². The first-order valence-electron chi connectivity index (χ1n) is 11.7. The van der Waals surface area contributed by atoms with E-state index in [1.165, 1.54) is 25.7 Å². The number of hydrogen-bond acceptors (Lipinski definition) is 5. The molecule has 1 saturated carbocycles. The maximum Gasteiger partial charge on any atom is 0.119 e. The third kappa shape index (κ3) is 6.46. The highest BCUT2D eigenvalue weighted by molar-refractivity contribution is 6.31. The Kier molecular flexibility index (Phi) is 8.44. The lowest BCUT2D eigenvalue weighted by atomic mass is 9.94. The zero-order valence-electron chi connectivity index (χ0n) is 18.4. The molecule has 0 radical (unpaired) electrons. The highest BCUT2D eigenvalue weighted by Crippen LogP contribution is 2.34. The number of ether oxygens (including phenoxy) is 3. The van der Waals surface area contributed by atoms with Crippen LogP contribution in [0.2, 0.25) is 5.02 Å². The summed E-state index contributed by atoms with van der Waals surface area (Å²) in [7, 11) is 0. The van der Waals surface area contributed by atoms with Crippen LogP contribution in [-0.2, 0) is 15.9 Å². The van der Waals surface area contributed by atoms with Crippen molar-refractivity contribution in [2.24, 2.45) is 0 Å². The molecule has 2 aromatic rings. The first-order valence-corrected chi connectivity index (χ1v) is 12.0. The molecule has 0 bridgehead atoms. The van der Waals surface area contributed by atoms with Gasteiger partial charge in [-0.05, 0) is 54.2 Å². The molecule has 2 aromatic carbocycles. The van der Waals surface area contributed by atoms with Gasteiger partial charge in [-0.2, -0.15) is 0 Å². The van der Waals surface area contributed by atoms with Crippen molar-refractivity contribution in [2.45, 2.75) is 69.4 Å². The second-order valence-electron chi connectivity index (χ2n) is 8.85. The van der Waals surface area contributed by atoms with Crippen molar-refractivity contribution in [3.8, 4) is 5.75 Å². The minimum absolute atomic E-state index is 0.0882. The average molecular weight is 461 g/mol. The van der Waals surface area contributed by atoms with Crippen molar-refractivity contribution in [1.29, 1.82) is 0 Å². The number of aliphatic hydroxyl groups is 2. The third-order valence-electron chi connectivity index (χ3n) is 6.35. The van der Waals surface area contributed by atoms with Crippen LogP contribution in [0.3, 0.4) is 0 Å². The van der Waals surface area contributed by atoms with E-state index in [2.05, 4.69) is 12.1 Å². The summed E-state index contributed by atoms with van der Waals surface area (Å²) in [5, 5.41) is 20.3. The fourth-order valence-electron chi connectivity index (χ4n) is 4.61. The summed E-state index contributed by atoms with van der Waals surface area (Å²) in [6, 6.07) is 13.9. The molecule has 1 aliphatic heterocycles. The van der Waals surface area contributed by atoms with E-state index in [0.29, 0.717) is 43.6 Å². The van der Waals surface area contributed by atoms with Crippen molar-refractivity contribution in [1.82, 2.24) is 0 Å². The van der Waals surface area contributed by atoms with Gasteiger partial charge < -0.3 is 24.4 Å². The summed E-state index contributed by atoms with van der Waals surface area (Å²) in [5.74, 6) is 0.836. The van der Waals surface area contributed by atoms with Crippen molar-refractivity contribution in [2.75, 3.05) is 19.8 Å². The maximum absolute atomic E-state index is 10.1. The first kappa shape index (κ1) is 23.5. The minimum atomic E-state index is -0.471. The lowest BCUT2D eigenvalue weighted by molar-refractivity contribution is -0.113. The lowest BCUT2D eigenvalue weighted by Crippen LogP contribution is -2.33. The highest BCUT2D eigenvalue weighted by Gasteiger charge is 2.29. The zero-order valence-corrected chi connectivity index (χ0v) is 19.2. The van der Waals surface area contributed by atoms with E-state index in [0.717, 1.165) is 22.4 Å². The summed E-state index contributed by atoms with van der Waals surface area (Å²) in [6.07, 6.45) is 5.95. The first-order chi connectivity index (χ1) is 15.6. The predicted molar refractivity (Wildman–Crippen MR) is 124 cm³/mol. The quantitative estimate of drug-likeness (QED) is 0.524. The summed E-state index contributed by atoms with van der Waals surface area (Å²) < 4.78 is 17.6. The van der Waals surface area contributed by atoms with Crippen LogP contribution in [0.25, 0.3) is 0 Å². The standard InChI is InChI=1S/C26H33ClO5/c27-25-10-7-19(26-16-21(29)15-24(17-28)32-26)14-20(25)13-18-5-8-23(9-6-18)31-12-11-30-22-3-1-2-4-22/h5-10,14,21-22,24,26,28-29H,1-4,11-13,15-17H2. The largest absolute Gasteiger partial charge is 0.491 e. The molecule has 2 fully saturated rings. The summed E-state index contributed by atoms with van der Waals surface area (Å²) >= 11 is 6.47. The molecule has 3 unspecified atom stereocenters. The Morgan fingerprint density at radius 2 is 1.78 bits per heavy atom. The lowest BCUT2D eigenvalue weighted by Gasteiger charge is -2.32. The normalized spacial score (nSPS) is 24.0. The predicted octanol–water partition coefficient (Wildman–Crippen LogP) is 4.84. The molecule has 0 aromatic heterocycles. The van der Waals surface area contributed by atoms with Gasteiger partial charge in [0.2, 0.25) is 0 Å². The summed E-state index contributed by atoms with van der Waals surface area (Å²) in [5.41, 5.74) is 3.12. The van der Waals surface area contributed by atoms with Gasteiger partial charge in [0.1, 0.15) is 12.4 Å². The molecule has 2 aliphatic rings. The molecule has 1 saturated heterocycles. The van der Waals surface area contributed by atoms with Gasteiger partial charge in [-0.15, -0.1) is 0 Å². The molecule has 32 heavy (non-hydrogen) atoms. The molecule has 1 aliphatic carbocycles. The van der Waals surface area contributed by atoms with E-state index in [4.69, 9.17) is 25.8 Å². The van der Waals surface area contributed by atoms with Crippen LogP contribution in [0.5, 0.6) is 5.75 Å². The number of hydrogen-bond donors (Lipinski definition) is 2. The Morgan fingerprint density at radius 3 is 2.53 bits per heavy atom.